The van der Waals surface area contributed by atoms with Crippen molar-refractivity contribution < 1.29 is 28.2 Å². The van der Waals surface area contributed by atoms with E-state index in [4.69, 9.17) is 9.47 Å². The number of nitro groups is 1. The number of carbonyl (C=O) groups excluding carboxylic acids is 2. The molecule has 158 valence electrons. The fourth-order valence-electron chi connectivity index (χ4n) is 2.96. The normalized spacial score (nSPS) is 14.0. The smallest absolute Gasteiger partial charge is 0.336 e. The monoisotopic (exact) mass is 424 g/mol. The van der Waals surface area contributed by atoms with Crippen molar-refractivity contribution in [2.45, 2.75) is 19.8 Å². The summed E-state index contributed by atoms with van der Waals surface area (Å²) in [5, 5.41) is 14.4. The van der Waals surface area contributed by atoms with Gasteiger partial charge in [0.1, 0.15) is 0 Å². The molecule has 0 fully saturated rings. The summed E-state index contributed by atoms with van der Waals surface area (Å²) in [6.07, 6.45) is 3.28. The van der Waals surface area contributed by atoms with Gasteiger partial charge >= 0.3 is 11.9 Å². The Morgan fingerprint density at radius 3 is 1.83 bits per heavy atom. The first-order valence-corrected chi connectivity index (χ1v) is 10.4. The molecule has 0 atom stereocenters. The Bertz CT molecular complexity index is 864. The summed E-state index contributed by atoms with van der Waals surface area (Å²) in [5.74, 6) is -2.33. The largest absolute Gasteiger partial charge is 0.466 e. The minimum atomic E-state index is -0.970. The third kappa shape index (κ3) is 5.74. The van der Waals surface area contributed by atoms with Crippen LogP contribution >= 0.6 is 0 Å². The highest BCUT2D eigenvalue weighted by atomic mass is 32.2. The Morgan fingerprint density at radius 1 is 1.03 bits per heavy atom. The second-order valence-electron chi connectivity index (χ2n) is 6.18. The summed E-state index contributed by atoms with van der Waals surface area (Å²) in [4.78, 5) is 35.6. The van der Waals surface area contributed by atoms with Crippen molar-refractivity contribution in [3.05, 3.63) is 62.5 Å². The summed E-state index contributed by atoms with van der Waals surface area (Å²) in [6.45, 7) is 3.29. The van der Waals surface area contributed by atoms with E-state index >= 15 is 0 Å². The Morgan fingerprint density at radius 2 is 1.45 bits per heavy atom. The fraction of sp³-hybridized carbons (Fsp3) is 0.368. The molecule has 0 bridgehead atoms. The fourth-order valence-corrected chi connectivity index (χ4v) is 2.96. The number of nitrogens with one attached hydrogen (secondary N) is 1. The zero-order chi connectivity index (χ0) is 22.3. The minimum Gasteiger partial charge on any atom is -0.466 e. The molecule has 0 aromatic heterocycles. The zero-order valence-corrected chi connectivity index (χ0v) is 17.9. The van der Waals surface area contributed by atoms with Gasteiger partial charge in [-0.15, -0.1) is 0 Å². The first kappa shape index (κ1) is 24.0. The number of methoxy groups -OCH3 is 2. The summed E-state index contributed by atoms with van der Waals surface area (Å²) in [5.41, 5.74) is 1.19. The van der Waals surface area contributed by atoms with Crippen LogP contribution in [0.1, 0.15) is 25.3 Å². The lowest BCUT2D eigenvalue weighted by Gasteiger charge is -2.29. The van der Waals surface area contributed by atoms with Crippen molar-refractivity contribution in [3.8, 4) is 0 Å². The van der Waals surface area contributed by atoms with Crippen LogP contribution < -0.4 is 5.32 Å². The number of hydrogen-bond acceptors (Lipinski definition) is 8. The molecule has 1 N–H and O–H groups in total. The number of nitro benzene ring substituents is 1. The van der Waals surface area contributed by atoms with Gasteiger partial charge in [-0.2, -0.15) is 0 Å². The lowest BCUT2D eigenvalue weighted by Crippen LogP contribution is -2.32. The van der Waals surface area contributed by atoms with Crippen LogP contribution in [0.3, 0.4) is 0 Å². The van der Waals surface area contributed by atoms with Crippen LogP contribution in [0.5, 0.6) is 0 Å². The second kappa shape index (κ2) is 10.5. The van der Waals surface area contributed by atoms with E-state index in [1.54, 1.807) is 32.4 Å². The van der Waals surface area contributed by atoms with Gasteiger partial charge in [0.2, 0.25) is 0 Å². The zero-order valence-electron chi connectivity index (χ0n) is 17.1. The van der Waals surface area contributed by atoms with Crippen molar-refractivity contribution >= 4 is 28.4 Å². The van der Waals surface area contributed by atoms with Crippen molar-refractivity contribution in [2.24, 2.45) is 0 Å². The van der Waals surface area contributed by atoms with E-state index in [0.29, 0.717) is 11.4 Å². The molecule has 29 heavy (non-hydrogen) atoms. The van der Waals surface area contributed by atoms with E-state index in [1.807, 2.05) is 0 Å². The number of benzene rings is 1. The molecule has 1 aromatic rings. The molecule has 0 saturated heterocycles. The highest BCUT2D eigenvalue weighted by molar-refractivity contribution is 7.83. The number of para-hydroxylation sites is 1. The summed E-state index contributed by atoms with van der Waals surface area (Å²) < 4.78 is 19.2. The molecule has 1 aliphatic rings. The van der Waals surface area contributed by atoms with Gasteiger partial charge < -0.3 is 14.8 Å². The first-order valence-electron chi connectivity index (χ1n) is 8.40. The number of rotatable bonds is 4. The van der Waals surface area contributed by atoms with Crippen molar-refractivity contribution in [1.29, 1.82) is 0 Å². The number of esters is 2. The van der Waals surface area contributed by atoms with Crippen LogP contribution in [0.15, 0.2) is 46.8 Å². The lowest BCUT2D eigenvalue weighted by molar-refractivity contribution is -0.385. The third-order valence-corrected chi connectivity index (χ3v) is 4.02. The highest BCUT2D eigenvalue weighted by Gasteiger charge is 2.40. The molecule has 10 heteroatoms. The molecule has 1 aliphatic heterocycles. The Balaban J connectivity index is 0.000000960. The number of nitrogens with zero attached hydrogens (tertiary/aromatic N) is 1. The molecule has 0 amide bonds. The van der Waals surface area contributed by atoms with Crippen molar-refractivity contribution in [2.75, 3.05) is 26.7 Å². The Kier molecular flexibility index (Phi) is 8.71. The van der Waals surface area contributed by atoms with E-state index in [-0.39, 0.29) is 22.4 Å². The van der Waals surface area contributed by atoms with Gasteiger partial charge in [-0.05, 0) is 13.8 Å². The van der Waals surface area contributed by atoms with E-state index < -0.39 is 33.6 Å². The number of ether oxygens (including phenoxy) is 2. The third-order valence-electron chi connectivity index (χ3n) is 4.02. The molecule has 1 aromatic carbocycles. The minimum absolute atomic E-state index is 0.128. The van der Waals surface area contributed by atoms with Gasteiger partial charge in [-0.25, -0.2) is 9.59 Å². The number of hydrogen-bond donors (Lipinski definition) is 1. The second-order valence-corrected chi connectivity index (χ2v) is 7.66. The highest BCUT2D eigenvalue weighted by Crippen LogP contribution is 2.42. The van der Waals surface area contributed by atoms with Crippen LogP contribution in [0.4, 0.5) is 5.69 Å². The van der Waals surface area contributed by atoms with Gasteiger partial charge in [-0.3, -0.25) is 14.3 Å². The predicted octanol–water partition coefficient (Wildman–Crippen LogP) is 2.17. The Labute approximate surface area is 171 Å². The van der Waals surface area contributed by atoms with Crippen LogP contribution in [-0.2, 0) is 29.9 Å². The van der Waals surface area contributed by atoms with Crippen LogP contribution in [0.25, 0.3) is 0 Å². The van der Waals surface area contributed by atoms with Crippen LogP contribution in [0, 0.1) is 10.1 Å². The molecule has 0 saturated carbocycles. The molecule has 0 aliphatic carbocycles. The molecule has 0 spiro atoms. The Hall–Kier alpha value is -3.01. The summed E-state index contributed by atoms with van der Waals surface area (Å²) in [6, 6.07) is 5.97. The maximum absolute atomic E-state index is 12.3. The molecule has 9 nitrogen and oxygen atoms in total. The number of carbonyl (C=O) groups is 2. The van der Waals surface area contributed by atoms with Crippen molar-refractivity contribution in [3.63, 3.8) is 0 Å². The van der Waals surface area contributed by atoms with E-state index in [1.165, 1.54) is 32.4 Å². The molecule has 2 rings (SSSR count). The maximum Gasteiger partial charge on any atom is 0.336 e. The van der Waals surface area contributed by atoms with Crippen molar-refractivity contribution in [1.82, 2.24) is 5.32 Å². The molecule has 0 unspecified atom stereocenters. The van der Waals surface area contributed by atoms with Gasteiger partial charge in [-0.1, -0.05) is 18.2 Å². The van der Waals surface area contributed by atoms with Gasteiger partial charge in [0.25, 0.3) is 5.69 Å². The van der Waals surface area contributed by atoms with E-state index in [9.17, 15) is 23.9 Å². The summed E-state index contributed by atoms with van der Waals surface area (Å²) in [7, 11) is 1.81. The molecular weight excluding hydrogens is 400 g/mol. The standard InChI is InChI=1S/C17H18N2O6.C2H6OS/c1-9-13(16(20)24-3)15(14(10(2)18-9)17(21)25-4)11-7-5-6-8-12(11)19(22)23;1-4(2)3/h5-8,15,18H,1-4H3;1-2H3. The van der Waals surface area contributed by atoms with Gasteiger partial charge in [0.05, 0.1) is 36.2 Å². The SMILES string of the molecule is COC(=O)C1=C(C)NC(C)=C(C(=O)OC)C1c1ccccc1[N+](=O)[O-].CS(C)=O. The average Bonchev–Trinajstić information content (AvgIpc) is 2.65. The van der Waals surface area contributed by atoms with Crippen LogP contribution in [0.2, 0.25) is 0 Å². The summed E-state index contributed by atoms with van der Waals surface area (Å²) >= 11 is 0. The molecular formula is C19H24N2O7S. The molecule has 0 radical (unpaired) electrons. The quantitative estimate of drug-likeness (QED) is 0.443. The van der Waals surface area contributed by atoms with E-state index in [2.05, 4.69) is 5.32 Å². The first-order chi connectivity index (χ1) is 13.6. The van der Waals surface area contributed by atoms with E-state index in [0.717, 1.165) is 0 Å². The van der Waals surface area contributed by atoms with Crippen LogP contribution in [-0.4, -0.2) is 47.8 Å². The number of dihydropyridines is 1. The average molecular weight is 424 g/mol. The van der Waals surface area contributed by atoms with Gasteiger partial charge in [0, 0.05) is 46.3 Å². The predicted molar refractivity (Wildman–Crippen MR) is 108 cm³/mol. The maximum atomic E-state index is 12.3. The lowest BCUT2D eigenvalue weighted by atomic mass is 9.79. The topological polar surface area (TPSA) is 125 Å². The van der Waals surface area contributed by atoms with Gasteiger partial charge in [0.15, 0.2) is 0 Å². The number of allylic oxidation sites excluding steroid dienone is 2. The molecule has 1 heterocycles.